The predicted molar refractivity (Wildman–Crippen MR) is 89.3 cm³/mol. The van der Waals surface area contributed by atoms with Crippen molar-refractivity contribution in [3.8, 4) is 11.4 Å². The summed E-state index contributed by atoms with van der Waals surface area (Å²) in [4.78, 5) is 16.4. The molecule has 0 spiro atoms. The van der Waals surface area contributed by atoms with E-state index in [1.165, 1.54) is 0 Å². The van der Waals surface area contributed by atoms with Gasteiger partial charge in [-0.1, -0.05) is 35.5 Å². The van der Waals surface area contributed by atoms with E-state index < -0.39 is 0 Å². The molecular weight excluding hydrogens is 306 g/mol. The van der Waals surface area contributed by atoms with Crippen LogP contribution in [-0.4, -0.2) is 34.8 Å². The Bertz CT molecular complexity index is 651. The third-order valence-electron chi connectivity index (χ3n) is 4.21. The highest BCUT2D eigenvalue weighted by atomic mass is 16.5. The molecule has 128 valence electrons. The fourth-order valence-electron chi connectivity index (χ4n) is 2.88. The number of hydrogen-bond acceptors (Lipinski definition) is 5. The van der Waals surface area contributed by atoms with Gasteiger partial charge in [0, 0.05) is 25.0 Å². The molecule has 0 bridgehead atoms. The van der Waals surface area contributed by atoms with E-state index in [4.69, 9.17) is 9.26 Å². The Kier molecular flexibility index (Phi) is 5.59. The molecule has 1 fully saturated rings. The molecule has 1 amide bonds. The lowest BCUT2D eigenvalue weighted by Gasteiger charge is -2.19. The maximum atomic E-state index is 12.0. The molecule has 1 aromatic carbocycles. The summed E-state index contributed by atoms with van der Waals surface area (Å²) in [5.74, 6) is 1.19. The molecule has 1 saturated heterocycles. The lowest BCUT2D eigenvalue weighted by Crippen LogP contribution is -2.40. The molecule has 3 rings (SSSR count). The van der Waals surface area contributed by atoms with Gasteiger partial charge in [-0.3, -0.25) is 4.79 Å². The lowest BCUT2D eigenvalue weighted by molar-refractivity contribution is -0.122. The molecule has 2 aromatic rings. The fourth-order valence-corrected chi connectivity index (χ4v) is 2.88. The van der Waals surface area contributed by atoms with Crippen LogP contribution >= 0.6 is 0 Å². The van der Waals surface area contributed by atoms with E-state index in [1.807, 2.05) is 37.3 Å². The molecule has 6 heteroatoms. The number of rotatable bonds is 7. The predicted octanol–water partition coefficient (Wildman–Crippen LogP) is 2.74. The number of aromatic nitrogens is 2. The van der Waals surface area contributed by atoms with Gasteiger partial charge in [0.05, 0.1) is 12.1 Å². The second-order valence-corrected chi connectivity index (χ2v) is 6.14. The van der Waals surface area contributed by atoms with Crippen LogP contribution in [0.2, 0.25) is 0 Å². The molecule has 6 nitrogen and oxygen atoms in total. The minimum atomic E-state index is 0.0424. The fraction of sp³-hybridized carbons (Fsp3) is 0.500. The van der Waals surface area contributed by atoms with Crippen LogP contribution in [-0.2, 0) is 16.0 Å². The van der Waals surface area contributed by atoms with Crippen LogP contribution in [0.5, 0.6) is 0 Å². The number of hydrogen-bond donors (Lipinski definition) is 1. The van der Waals surface area contributed by atoms with Crippen LogP contribution < -0.4 is 5.32 Å². The Morgan fingerprint density at radius 2 is 2.21 bits per heavy atom. The first-order valence-electron chi connectivity index (χ1n) is 8.51. The number of ether oxygens (including phenoxy) is 1. The summed E-state index contributed by atoms with van der Waals surface area (Å²) >= 11 is 0. The molecule has 1 aromatic heterocycles. The molecule has 1 N–H and O–H groups in total. The van der Waals surface area contributed by atoms with Crippen molar-refractivity contribution < 1.29 is 14.1 Å². The van der Waals surface area contributed by atoms with Gasteiger partial charge in [-0.2, -0.15) is 4.98 Å². The van der Waals surface area contributed by atoms with E-state index in [0.717, 1.165) is 25.0 Å². The highest BCUT2D eigenvalue weighted by Gasteiger charge is 2.23. The summed E-state index contributed by atoms with van der Waals surface area (Å²) in [7, 11) is 0. The smallest absolute Gasteiger partial charge is 0.226 e. The summed E-state index contributed by atoms with van der Waals surface area (Å²) in [6, 6.07) is 9.76. The van der Waals surface area contributed by atoms with Crippen molar-refractivity contribution >= 4 is 5.91 Å². The maximum absolute atomic E-state index is 12.0. The van der Waals surface area contributed by atoms with Gasteiger partial charge >= 0.3 is 0 Å². The van der Waals surface area contributed by atoms with Crippen molar-refractivity contribution in [3.63, 3.8) is 0 Å². The Morgan fingerprint density at radius 1 is 1.38 bits per heavy atom. The molecule has 1 aliphatic heterocycles. The summed E-state index contributed by atoms with van der Waals surface area (Å²) < 4.78 is 10.8. The number of carbonyl (C=O) groups excluding carboxylic acids is 1. The van der Waals surface area contributed by atoms with E-state index in [0.29, 0.717) is 31.0 Å². The van der Waals surface area contributed by atoms with Gasteiger partial charge in [0.15, 0.2) is 0 Å². The van der Waals surface area contributed by atoms with Crippen LogP contribution in [0, 0.1) is 0 Å². The normalized spacial score (nSPS) is 18.5. The summed E-state index contributed by atoms with van der Waals surface area (Å²) in [5.41, 5.74) is 0.927. The number of benzene rings is 1. The molecule has 1 aliphatic rings. The minimum Gasteiger partial charge on any atom is -0.376 e. The Morgan fingerprint density at radius 3 is 2.96 bits per heavy atom. The molecular formula is C18H23N3O3. The monoisotopic (exact) mass is 329 g/mol. The SMILES string of the molecule is C[C@H](NC(=O)CCCc1nc(-c2ccccc2)no1)[C@@H]1CCCO1. The first-order valence-corrected chi connectivity index (χ1v) is 8.51. The van der Waals surface area contributed by atoms with E-state index in [1.54, 1.807) is 0 Å². The van der Waals surface area contributed by atoms with Crippen molar-refractivity contribution in [3.05, 3.63) is 36.2 Å². The second-order valence-electron chi connectivity index (χ2n) is 6.14. The van der Waals surface area contributed by atoms with E-state index in [9.17, 15) is 4.79 Å². The van der Waals surface area contributed by atoms with Crippen LogP contribution in [0.15, 0.2) is 34.9 Å². The molecule has 2 heterocycles. The lowest BCUT2D eigenvalue weighted by atomic mass is 10.1. The molecule has 2 atom stereocenters. The zero-order valence-electron chi connectivity index (χ0n) is 13.9. The summed E-state index contributed by atoms with van der Waals surface area (Å²) in [5, 5.41) is 6.99. The van der Waals surface area contributed by atoms with Crippen LogP contribution in [0.4, 0.5) is 0 Å². The highest BCUT2D eigenvalue weighted by molar-refractivity contribution is 5.76. The molecule has 0 aliphatic carbocycles. The van der Waals surface area contributed by atoms with Gasteiger partial charge in [-0.05, 0) is 26.2 Å². The van der Waals surface area contributed by atoms with E-state index in [2.05, 4.69) is 15.5 Å². The largest absolute Gasteiger partial charge is 0.376 e. The van der Waals surface area contributed by atoms with Crippen molar-refractivity contribution in [2.24, 2.45) is 0 Å². The van der Waals surface area contributed by atoms with Gasteiger partial charge < -0.3 is 14.6 Å². The van der Waals surface area contributed by atoms with Crippen molar-refractivity contribution in [2.45, 2.75) is 51.2 Å². The maximum Gasteiger partial charge on any atom is 0.226 e. The van der Waals surface area contributed by atoms with Gasteiger partial charge in [0.1, 0.15) is 0 Å². The van der Waals surface area contributed by atoms with Gasteiger partial charge in [0.25, 0.3) is 0 Å². The van der Waals surface area contributed by atoms with Gasteiger partial charge in [-0.15, -0.1) is 0 Å². The molecule has 0 radical (unpaired) electrons. The first kappa shape index (κ1) is 16.6. The number of amides is 1. The highest BCUT2D eigenvalue weighted by Crippen LogP contribution is 2.17. The average molecular weight is 329 g/mol. The Labute approximate surface area is 141 Å². The summed E-state index contributed by atoms with van der Waals surface area (Å²) in [6.45, 7) is 2.80. The van der Waals surface area contributed by atoms with Crippen molar-refractivity contribution in [1.82, 2.24) is 15.5 Å². The number of nitrogens with one attached hydrogen (secondary N) is 1. The molecule has 0 unspecified atom stereocenters. The molecule has 0 saturated carbocycles. The quantitative estimate of drug-likeness (QED) is 0.845. The zero-order chi connectivity index (χ0) is 16.8. The average Bonchev–Trinajstić information content (AvgIpc) is 3.27. The third kappa shape index (κ3) is 4.41. The number of carbonyl (C=O) groups is 1. The van der Waals surface area contributed by atoms with Crippen molar-refractivity contribution in [1.29, 1.82) is 0 Å². The summed E-state index contributed by atoms with van der Waals surface area (Å²) in [6.07, 6.45) is 3.97. The van der Waals surface area contributed by atoms with Crippen LogP contribution in [0.25, 0.3) is 11.4 Å². The van der Waals surface area contributed by atoms with Gasteiger partial charge in [-0.25, -0.2) is 0 Å². The second kappa shape index (κ2) is 8.06. The first-order chi connectivity index (χ1) is 11.7. The standard InChI is InChI=1S/C18H23N3O3/c1-13(15-9-6-12-23-15)19-16(22)10-5-11-17-20-18(21-24-17)14-7-3-2-4-8-14/h2-4,7-8,13,15H,5-6,9-12H2,1H3,(H,19,22)/t13-,15-/m0/s1. The minimum absolute atomic E-state index is 0.0424. The number of nitrogens with zero attached hydrogens (tertiary/aromatic N) is 2. The van der Waals surface area contributed by atoms with Crippen molar-refractivity contribution in [2.75, 3.05) is 6.61 Å². The van der Waals surface area contributed by atoms with Gasteiger partial charge in [0.2, 0.25) is 17.6 Å². The topological polar surface area (TPSA) is 77.3 Å². The zero-order valence-corrected chi connectivity index (χ0v) is 13.9. The molecule has 24 heavy (non-hydrogen) atoms. The van der Waals surface area contributed by atoms with Crippen LogP contribution in [0.1, 0.15) is 38.5 Å². The Hall–Kier alpha value is -2.21. The Balaban J connectivity index is 1.41. The number of aryl methyl sites for hydroxylation is 1. The van der Waals surface area contributed by atoms with Crippen LogP contribution in [0.3, 0.4) is 0 Å². The van der Waals surface area contributed by atoms with E-state index >= 15 is 0 Å². The van der Waals surface area contributed by atoms with E-state index in [-0.39, 0.29) is 18.1 Å². The third-order valence-corrected chi connectivity index (χ3v) is 4.21.